The highest BCUT2D eigenvalue weighted by atomic mass is 16.5. The zero-order valence-electron chi connectivity index (χ0n) is 19.5. The number of hydrogen-bond donors (Lipinski definition) is 3. The Morgan fingerprint density at radius 1 is 0.914 bits per heavy atom. The van der Waals surface area contributed by atoms with E-state index in [-0.39, 0.29) is 31.4 Å². The predicted molar refractivity (Wildman–Crippen MR) is 132 cm³/mol. The second kappa shape index (κ2) is 10.9. The predicted octanol–water partition coefficient (Wildman–Crippen LogP) is 4.71. The number of amides is 2. The molecule has 7 nitrogen and oxygen atoms in total. The van der Waals surface area contributed by atoms with Crippen LogP contribution in [0, 0.1) is 0 Å². The molecule has 0 bridgehead atoms. The van der Waals surface area contributed by atoms with Crippen molar-refractivity contribution in [3.05, 3.63) is 95.1 Å². The molecule has 4 rings (SSSR count). The van der Waals surface area contributed by atoms with E-state index < -0.39 is 18.1 Å². The molecule has 0 radical (unpaired) electrons. The van der Waals surface area contributed by atoms with Crippen LogP contribution in [-0.2, 0) is 16.1 Å². The fraction of sp³-hybridized carbons (Fsp3) is 0.250. The molecule has 2 amide bonds. The van der Waals surface area contributed by atoms with Crippen molar-refractivity contribution in [3.8, 4) is 11.1 Å². The van der Waals surface area contributed by atoms with Crippen LogP contribution >= 0.6 is 0 Å². The molecule has 35 heavy (non-hydrogen) atoms. The number of hydrogen-bond acceptors (Lipinski definition) is 4. The lowest BCUT2D eigenvalue weighted by atomic mass is 9.98. The molecule has 3 aromatic carbocycles. The number of aliphatic carboxylic acids is 1. The molecule has 0 saturated carbocycles. The average Bonchev–Trinajstić information content (AvgIpc) is 3.19. The van der Waals surface area contributed by atoms with Crippen molar-refractivity contribution in [2.24, 2.45) is 0 Å². The van der Waals surface area contributed by atoms with E-state index in [0.717, 1.165) is 16.7 Å². The van der Waals surface area contributed by atoms with Gasteiger partial charge < -0.3 is 20.5 Å². The van der Waals surface area contributed by atoms with E-state index in [9.17, 15) is 14.4 Å². The number of carboxylic acid groups (broad SMARTS) is 1. The second-order valence-corrected chi connectivity index (χ2v) is 8.55. The van der Waals surface area contributed by atoms with Crippen LogP contribution in [0.3, 0.4) is 0 Å². The normalized spacial score (nSPS) is 12.8. The van der Waals surface area contributed by atoms with Crippen LogP contribution in [0.15, 0.2) is 72.8 Å². The Bertz CT molecular complexity index is 1180. The molecule has 0 aromatic heterocycles. The molecule has 0 fully saturated rings. The lowest BCUT2D eigenvalue weighted by Crippen LogP contribution is -2.36. The summed E-state index contributed by atoms with van der Waals surface area (Å²) in [6.45, 7) is 2.33. The highest BCUT2D eigenvalue weighted by molar-refractivity contribution is 5.94. The zero-order valence-corrected chi connectivity index (χ0v) is 19.5. The third-order valence-corrected chi connectivity index (χ3v) is 6.25. The standard InChI is InChI=1S/C28H28N2O5/c1-2-20(15-26(31)32)30-27(33)19-13-11-18(12-14-19)16-29-28(34)35-17-25-23-9-5-3-7-21(23)22-8-4-6-10-24(22)25/h3-14,20,25H,2,15-17H2,1H3,(H,29,34)(H,30,33)(H,31,32). The number of carbonyl (C=O) groups is 3. The van der Waals surface area contributed by atoms with Gasteiger partial charge >= 0.3 is 12.1 Å². The van der Waals surface area contributed by atoms with Gasteiger partial charge in [0.15, 0.2) is 0 Å². The molecule has 1 atom stereocenters. The fourth-order valence-corrected chi connectivity index (χ4v) is 4.37. The molecule has 0 aliphatic heterocycles. The Labute approximate surface area is 204 Å². The van der Waals surface area contributed by atoms with Crippen molar-refractivity contribution in [1.29, 1.82) is 0 Å². The molecule has 1 unspecified atom stereocenters. The molecule has 180 valence electrons. The first kappa shape index (κ1) is 24.0. The number of fused-ring (bicyclic) bond motifs is 3. The average molecular weight is 473 g/mol. The third-order valence-electron chi connectivity index (χ3n) is 6.25. The van der Waals surface area contributed by atoms with Gasteiger partial charge in [-0.1, -0.05) is 67.6 Å². The van der Waals surface area contributed by atoms with Crippen LogP contribution in [0.1, 0.15) is 52.7 Å². The molecule has 3 N–H and O–H groups in total. The Balaban J connectivity index is 1.29. The van der Waals surface area contributed by atoms with Gasteiger partial charge in [-0.3, -0.25) is 9.59 Å². The van der Waals surface area contributed by atoms with E-state index in [1.807, 2.05) is 31.2 Å². The first-order valence-corrected chi connectivity index (χ1v) is 11.7. The molecule has 0 spiro atoms. The van der Waals surface area contributed by atoms with Crippen molar-refractivity contribution in [3.63, 3.8) is 0 Å². The van der Waals surface area contributed by atoms with E-state index >= 15 is 0 Å². The number of benzene rings is 3. The molecule has 7 heteroatoms. The van der Waals surface area contributed by atoms with Gasteiger partial charge in [0.25, 0.3) is 5.91 Å². The highest BCUT2D eigenvalue weighted by Crippen LogP contribution is 2.44. The minimum atomic E-state index is -0.952. The summed E-state index contributed by atoms with van der Waals surface area (Å²) < 4.78 is 5.55. The van der Waals surface area contributed by atoms with Gasteiger partial charge in [-0.2, -0.15) is 0 Å². The molecular weight excluding hydrogens is 444 g/mol. The van der Waals surface area contributed by atoms with E-state index in [4.69, 9.17) is 9.84 Å². The van der Waals surface area contributed by atoms with Crippen molar-refractivity contribution in [1.82, 2.24) is 10.6 Å². The third kappa shape index (κ3) is 5.69. The Kier molecular flexibility index (Phi) is 7.45. The second-order valence-electron chi connectivity index (χ2n) is 8.55. The lowest BCUT2D eigenvalue weighted by molar-refractivity contribution is -0.137. The van der Waals surface area contributed by atoms with Gasteiger partial charge in [0, 0.05) is 24.1 Å². The van der Waals surface area contributed by atoms with Crippen LogP contribution in [-0.4, -0.2) is 35.7 Å². The van der Waals surface area contributed by atoms with Crippen molar-refractivity contribution in [2.45, 2.75) is 38.3 Å². The van der Waals surface area contributed by atoms with Gasteiger partial charge in [0.05, 0.1) is 6.42 Å². The summed E-state index contributed by atoms with van der Waals surface area (Å²) in [6.07, 6.45) is -0.0990. The lowest BCUT2D eigenvalue weighted by Gasteiger charge is -2.15. The number of ether oxygens (including phenoxy) is 1. The number of rotatable bonds is 9. The maximum Gasteiger partial charge on any atom is 0.407 e. The maximum atomic E-state index is 12.4. The minimum Gasteiger partial charge on any atom is -0.481 e. The largest absolute Gasteiger partial charge is 0.481 e. The van der Waals surface area contributed by atoms with Crippen molar-refractivity contribution >= 4 is 18.0 Å². The van der Waals surface area contributed by atoms with Gasteiger partial charge in [-0.25, -0.2) is 4.79 Å². The first-order chi connectivity index (χ1) is 17.0. The van der Waals surface area contributed by atoms with E-state index in [2.05, 4.69) is 34.9 Å². The Morgan fingerprint density at radius 3 is 2.09 bits per heavy atom. The van der Waals surface area contributed by atoms with Gasteiger partial charge in [-0.05, 0) is 46.4 Å². The van der Waals surface area contributed by atoms with E-state index in [1.165, 1.54) is 11.1 Å². The summed E-state index contributed by atoms with van der Waals surface area (Å²) in [7, 11) is 0. The van der Waals surface area contributed by atoms with Crippen LogP contribution in [0.2, 0.25) is 0 Å². The van der Waals surface area contributed by atoms with Crippen LogP contribution in [0.25, 0.3) is 11.1 Å². The molecule has 1 aliphatic rings. The summed E-state index contributed by atoms with van der Waals surface area (Å²) in [5.74, 6) is -1.28. The highest BCUT2D eigenvalue weighted by Gasteiger charge is 2.29. The van der Waals surface area contributed by atoms with Gasteiger partial charge in [0.1, 0.15) is 6.61 Å². The van der Waals surface area contributed by atoms with Crippen molar-refractivity contribution in [2.75, 3.05) is 6.61 Å². The summed E-state index contributed by atoms with van der Waals surface area (Å²) in [5.41, 5.74) is 5.91. The van der Waals surface area contributed by atoms with E-state index in [0.29, 0.717) is 12.0 Å². The number of carbonyl (C=O) groups excluding carboxylic acids is 2. The summed E-state index contributed by atoms with van der Waals surface area (Å²) in [5, 5.41) is 14.4. The molecule has 3 aromatic rings. The Morgan fingerprint density at radius 2 is 1.51 bits per heavy atom. The Hall–Kier alpha value is -4.13. The number of alkyl carbamates (subject to hydrolysis) is 1. The van der Waals surface area contributed by atoms with Crippen molar-refractivity contribution < 1.29 is 24.2 Å². The molecule has 1 aliphatic carbocycles. The number of nitrogens with one attached hydrogen (secondary N) is 2. The summed E-state index contributed by atoms with van der Waals surface area (Å²) >= 11 is 0. The smallest absolute Gasteiger partial charge is 0.407 e. The zero-order chi connectivity index (χ0) is 24.8. The molecular formula is C28H28N2O5. The number of carboxylic acids is 1. The molecule has 0 heterocycles. The molecule has 0 saturated heterocycles. The monoisotopic (exact) mass is 472 g/mol. The van der Waals surface area contributed by atoms with Gasteiger partial charge in [0.2, 0.25) is 0 Å². The minimum absolute atomic E-state index is 0.000908. The maximum absolute atomic E-state index is 12.4. The SMILES string of the molecule is CCC(CC(=O)O)NC(=O)c1ccc(CNC(=O)OCC2c3ccccc3-c3ccccc32)cc1. The fourth-order valence-electron chi connectivity index (χ4n) is 4.37. The van der Waals surface area contributed by atoms with E-state index in [1.54, 1.807) is 24.3 Å². The summed E-state index contributed by atoms with van der Waals surface area (Å²) in [4.78, 5) is 35.6. The van der Waals surface area contributed by atoms with Crippen LogP contribution < -0.4 is 10.6 Å². The van der Waals surface area contributed by atoms with Crippen LogP contribution in [0.4, 0.5) is 4.79 Å². The summed E-state index contributed by atoms with van der Waals surface area (Å²) in [6, 6.07) is 22.7. The quantitative estimate of drug-likeness (QED) is 0.418. The first-order valence-electron chi connectivity index (χ1n) is 11.7. The van der Waals surface area contributed by atoms with Crippen LogP contribution in [0.5, 0.6) is 0 Å². The van der Waals surface area contributed by atoms with Gasteiger partial charge in [-0.15, -0.1) is 0 Å². The topological polar surface area (TPSA) is 105 Å².